The van der Waals surface area contributed by atoms with Gasteiger partial charge in [-0.3, -0.25) is 14.9 Å². The van der Waals surface area contributed by atoms with E-state index in [9.17, 15) is 14.9 Å². The second-order valence-corrected chi connectivity index (χ2v) is 5.60. The Morgan fingerprint density at radius 3 is 2.62 bits per heavy atom. The van der Waals surface area contributed by atoms with Crippen molar-refractivity contribution in [2.24, 2.45) is 5.92 Å². The number of aryl methyl sites for hydroxylation is 1. The molecule has 21 heavy (non-hydrogen) atoms. The smallest absolute Gasteiger partial charge is 0.285 e. The number of aliphatic hydroxyl groups excluding tert-OH is 1. The Labute approximate surface area is 123 Å². The molecule has 0 aromatic heterocycles. The number of nitrogens with zero attached hydrogens (tertiary/aromatic N) is 1. The SMILES string of the molecule is Cc1cccc(C(=O)NC2CCC(CO)CC2)c1[N+](=O)[O-]. The number of rotatable bonds is 4. The number of aliphatic hydroxyl groups is 1. The van der Waals surface area contributed by atoms with Gasteiger partial charge in [0.15, 0.2) is 0 Å². The van der Waals surface area contributed by atoms with Gasteiger partial charge in [0.25, 0.3) is 11.6 Å². The fourth-order valence-electron chi connectivity index (χ4n) is 2.84. The molecular formula is C15H20N2O4. The summed E-state index contributed by atoms with van der Waals surface area (Å²) in [5.41, 5.74) is 0.472. The van der Waals surface area contributed by atoms with Crippen LogP contribution >= 0.6 is 0 Å². The molecule has 2 rings (SSSR count). The highest BCUT2D eigenvalue weighted by atomic mass is 16.6. The molecule has 0 spiro atoms. The van der Waals surface area contributed by atoms with Crippen LogP contribution in [-0.4, -0.2) is 28.6 Å². The maximum Gasteiger partial charge on any atom is 0.285 e. The Kier molecular flexibility index (Phi) is 4.90. The van der Waals surface area contributed by atoms with Crippen molar-refractivity contribution < 1.29 is 14.8 Å². The molecule has 2 N–H and O–H groups in total. The van der Waals surface area contributed by atoms with Crippen molar-refractivity contribution in [3.05, 3.63) is 39.4 Å². The van der Waals surface area contributed by atoms with Gasteiger partial charge in [0.05, 0.1) is 4.92 Å². The number of nitro groups is 1. The predicted octanol–water partition coefficient (Wildman–Crippen LogP) is 2.18. The number of para-hydroxylation sites is 1. The van der Waals surface area contributed by atoms with Gasteiger partial charge in [0.2, 0.25) is 0 Å². The van der Waals surface area contributed by atoms with Crippen LogP contribution in [0.1, 0.15) is 41.6 Å². The second-order valence-electron chi connectivity index (χ2n) is 5.60. The Morgan fingerprint density at radius 2 is 2.05 bits per heavy atom. The van der Waals surface area contributed by atoms with Crippen molar-refractivity contribution in [2.45, 2.75) is 38.6 Å². The van der Waals surface area contributed by atoms with Gasteiger partial charge in [-0.05, 0) is 44.6 Å². The number of carbonyl (C=O) groups is 1. The van der Waals surface area contributed by atoms with E-state index >= 15 is 0 Å². The van der Waals surface area contributed by atoms with E-state index in [4.69, 9.17) is 5.11 Å². The zero-order valence-electron chi connectivity index (χ0n) is 12.0. The van der Waals surface area contributed by atoms with E-state index in [1.54, 1.807) is 19.1 Å². The molecule has 0 saturated heterocycles. The standard InChI is InChI=1S/C15H20N2O4/c1-10-3-2-4-13(14(10)17(20)21)15(19)16-12-7-5-11(9-18)6-8-12/h2-4,11-12,18H,5-9H2,1H3,(H,16,19). The van der Waals surface area contributed by atoms with Crippen molar-refractivity contribution in [3.8, 4) is 0 Å². The minimum atomic E-state index is -0.507. The monoisotopic (exact) mass is 292 g/mol. The van der Waals surface area contributed by atoms with E-state index in [0.29, 0.717) is 11.5 Å². The van der Waals surface area contributed by atoms with Gasteiger partial charge in [-0.15, -0.1) is 0 Å². The van der Waals surface area contributed by atoms with Gasteiger partial charge in [-0.25, -0.2) is 0 Å². The summed E-state index contributed by atoms with van der Waals surface area (Å²) < 4.78 is 0. The lowest BCUT2D eigenvalue weighted by atomic mass is 9.86. The molecular weight excluding hydrogens is 272 g/mol. The molecule has 0 aliphatic heterocycles. The first-order valence-corrected chi connectivity index (χ1v) is 7.18. The van der Waals surface area contributed by atoms with Crippen LogP contribution < -0.4 is 5.32 Å². The molecule has 1 saturated carbocycles. The molecule has 114 valence electrons. The molecule has 0 bridgehead atoms. The Bertz CT molecular complexity index is 536. The van der Waals surface area contributed by atoms with Gasteiger partial charge >= 0.3 is 0 Å². The van der Waals surface area contributed by atoms with E-state index in [1.807, 2.05) is 0 Å². The summed E-state index contributed by atoms with van der Waals surface area (Å²) in [6.07, 6.45) is 3.35. The average Bonchev–Trinajstić information content (AvgIpc) is 2.47. The van der Waals surface area contributed by atoms with Crippen LogP contribution in [0.4, 0.5) is 5.69 Å². The normalized spacial score (nSPS) is 21.8. The van der Waals surface area contributed by atoms with Crippen LogP contribution in [0.15, 0.2) is 18.2 Å². The molecule has 1 aromatic carbocycles. The van der Waals surface area contributed by atoms with E-state index in [1.165, 1.54) is 6.07 Å². The summed E-state index contributed by atoms with van der Waals surface area (Å²) in [6.45, 7) is 1.81. The van der Waals surface area contributed by atoms with Crippen molar-refractivity contribution >= 4 is 11.6 Å². The van der Waals surface area contributed by atoms with Crippen LogP contribution in [0.25, 0.3) is 0 Å². The first-order chi connectivity index (χ1) is 10.0. The minimum absolute atomic E-state index is 0.0282. The van der Waals surface area contributed by atoms with Gasteiger partial charge in [-0.1, -0.05) is 12.1 Å². The average molecular weight is 292 g/mol. The molecule has 0 radical (unpaired) electrons. The molecule has 1 fully saturated rings. The maximum absolute atomic E-state index is 12.3. The number of hydrogen-bond donors (Lipinski definition) is 2. The zero-order chi connectivity index (χ0) is 15.4. The lowest BCUT2D eigenvalue weighted by Crippen LogP contribution is -2.38. The van der Waals surface area contributed by atoms with Gasteiger partial charge < -0.3 is 10.4 Å². The van der Waals surface area contributed by atoms with Crippen LogP contribution in [0.2, 0.25) is 0 Å². The summed E-state index contributed by atoms with van der Waals surface area (Å²) in [4.78, 5) is 22.9. The Balaban J connectivity index is 2.08. The minimum Gasteiger partial charge on any atom is -0.396 e. The van der Waals surface area contributed by atoms with Gasteiger partial charge in [0.1, 0.15) is 5.56 Å². The number of benzene rings is 1. The van der Waals surface area contributed by atoms with Crippen molar-refractivity contribution in [1.82, 2.24) is 5.32 Å². The molecule has 1 amide bonds. The number of carbonyl (C=O) groups excluding carboxylic acids is 1. The van der Waals surface area contributed by atoms with Crippen LogP contribution in [0.5, 0.6) is 0 Å². The van der Waals surface area contributed by atoms with Crippen LogP contribution in [0, 0.1) is 23.0 Å². The highest BCUT2D eigenvalue weighted by Crippen LogP contribution is 2.26. The largest absolute Gasteiger partial charge is 0.396 e. The third-order valence-electron chi connectivity index (χ3n) is 4.11. The van der Waals surface area contributed by atoms with Gasteiger partial charge in [0, 0.05) is 18.2 Å². The summed E-state index contributed by atoms with van der Waals surface area (Å²) in [5, 5.41) is 23.1. The van der Waals surface area contributed by atoms with E-state index in [0.717, 1.165) is 25.7 Å². The molecule has 0 unspecified atom stereocenters. The summed E-state index contributed by atoms with van der Waals surface area (Å²) in [7, 11) is 0. The van der Waals surface area contributed by atoms with Gasteiger partial charge in [-0.2, -0.15) is 0 Å². The maximum atomic E-state index is 12.3. The number of amides is 1. The molecule has 0 heterocycles. The van der Waals surface area contributed by atoms with E-state index in [-0.39, 0.29) is 23.9 Å². The lowest BCUT2D eigenvalue weighted by molar-refractivity contribution is -0.385. The zero-order valence-corrected chi connectivity index (χ0v) is 12.0. The molecule has 1 aromatic rings. The lowest BCUT2D eigenvalue weighted by Gasteiger charge is -2.27. The van der Waals surface area contributed by atoms with Crippen molar-refractivity contribution in [2.75, 3.05) is 6.61 Å². The molecule has 6 heteroatoms. The molecule has 6 nitrogen and oxygen atoms in total. The molecule has 1 aliphatic rings. The highest BCUT2D eigenvalue weighted by molar-refractivity contribution is 5.98. The van der Waals surface area contributed by atoms with Crippen LogP contribution in [-0.2, 0) is 0 Å². The Hall–Kier alpha value is -1.95. The molecule has 0 atom stereocenters. The molecule has 1 aliphatic carbocycles. The van der Waals surface area contributed by atoms with Crippen molar-refractivity contribution in [3.63, 3.8) is 0 Å². The number of hydrogen-bond acceptors (Lipinski definition) is 4. The first kappa shape index (κ1) is 15.4. The fraction of sp³-hybridized carbons (Fsp3) is 0.533. The fourth-order valence-corrected chi connectivity index (χ4v) is 2.84. The van der Waals surface area contributed by atoms with Crippen LogP contribution in [0.3, 0.4) is 0 Å². The first-order valence-electron chi connectivity index (χ1n) is 7.18. The summed E-state index contributed by atoms with van der Waals surface area (Å²) in [5.74, 6) is -0.0793. The quantitative estimate of drug-likeness (QED) is 0.657. The number of nitro benzene ring substituents is 1. The summed E-state index contributed by atoms with van der Waals surface area (Å²) in [6, 6.07) is 4.79. The topological polar surface area (TPSA) is 92.5 Å². The third kappa shape index (κ3) is 3.58. The van der Waals surface area contributed by atoms with E-state index < -0.39 is 10.8 Å². The second kappa shape index (κ2) is 6.67. The Morgan fingerprint density at radius 1 is 1.38 bits per heavy atom. The highest BCUT2D eigenvalue weighted by Gasteiger charge is 2.26. The summed E-state index contributed by atoms with van der Waals surface area (Å²) >= 11 is 0. The number of nitrogens with one attached hydrogen (secondary N) is 1. The predicted molar refractivity (Wildman–Crippen MR) is 78.1 cm³/mol. The third-order valence-corrected chi connectivity index (χ3v) is 4.11. The van der Waals surface area contributed by atoms with E-state index in [2.05, 4.69) is 5.32 Å². The van der Waals surface area contributed by atoms with Crippen molar-refractivity contribution in [1.29, 1.82) is 0 Å².